The lowest BCUT2D eigenvalue weighted by Crippen LogP contribution is -2.31. The molecule has 3 rings (SSSR count). The van der Waals surface area contributed by atoms with Crippen LogP contribution in [0, 0.1) is 17.3 Å². The SMILES string of the molecule is O=C(CC1CCOCC1)C1CC12CCNCC2. The molecule has 3 nitrogen and oxygen atoms in total. The number of ether oxygens (including phenoxy) is 1. The maximum Gasteiger partial charge on any atom is 0.136 e. The summed E-state index contributed by atoms with van der Waals surface area (Å²) < 4.78 is 5.35. The molecule has 96 valence electrons. The van der Waals surface area contributed by atoms with Gasteiger partial charge in [0.15, 0.2) is 0 Å². The molecule has 3 fully saturated rings. The maximum atomic E-state index is 12.3. The minimum Gasteiger partial charge on any atom is -0.381 e. The monoisotopic (exact) mass is 237 g/mol. The van der Waals surface area contributed by atoms with Crippen LogP contribution >= 0.6 is 0 Å². The highest BCUT2D eigenvalue weighted by atomic mass is 16.5. The Kier molecular flexibility index (Phi) is 3.22. The number of hydrogen-bond donors (Lipinski definition) is 1. The van der Waals surface area contributed by atoms with E-state index >= 15 is 0 Å². The minimum atomic E-state index is 0.410. The average molecular weight is 237 g/mol. The average Bonchev–Trinajstić information content (AvgIpc) is 3.05. The van der Waals surface area contributed by atoms with Gasteiger partial charge in [0.05, 0.1) is 0 Å². The first-order valence-electron chi connectivity index (χ1n) is 7.11. The second-order valence-corrected chi connectivity index (χ2v) is 6.10. The Morgan fingerprint density at radius 3 is 2.65 bits per heavy atom. The maximum absolute atomic E-state index is 12.3. The number of piperidine rings is 1. The van der Waals surface area contributed by atoms with Crippen molar-refractivity contribution in [3.8, 4) is 0 Å². The third kappa shape index (κ3) is 2.41. The summed E-state index contributed by atoms with van der Waals surface area (Å²) in [5.74, 6) is 1.57. The Hall–Kier alpha value is -0.410. The van der Waals surface area contributed by atoms with Gasteiger partial charge < -0.3 is 10.1 Å². The number of rotatable bonds is 3. The van der Waals surface area contributed by atoms with Crippen LogP contribution in [0.5, 0.6) is 0 Å². The van der Waals surface area contributed by atoms with E-state index in [4.69, 9.17) is 4.74 Å². The summed E-state index contributed by atoms with van der Waals surface area (Å²) in [6.07, 6.45) is 6.62. The van der Waals surface area contributed by atoms with E-state index in [9.17, 15) is 4.79 Å². The molecule has 1 aliphatic carbocycles. The van der Waals surface area contributed by atoms with Gasteiger partial charge in [-0.25, -0.2) is 0 Å². The molecule has 0 radical (unpaired) electrons. The molecule has 0 aromatic carbocycles. The molecule has 2 heterocycles. The summed E-state index contributed by atoms with van der Waals surface area (Å²) in [6, 6.07) is 0. The Balaban J connectivity index is 1.50. The molecule has 1 unspecified atom stereocenters. The fraction of sp³-hybridized carbons (Fsp3) is 0.929. The van der Waals surface area contributed by atoms with E-state index in [0.29, 0.717) is 23.0 Å². The van der Waals surface area contributed by atoms with Crippen LogP contribution in [0.15, 0.2) is 0 Å². The van der Waals surface area contributed by atoms with Crippen LogP contribution in [-0.4, -0.2) is 32.1 Å². The van der Waals surface area contributed by atoms with Crippen molar-refractivity contribution in [2.24, 2.45) is 17.3 Å². The van der Waals surface area contributed by atoms with Gasteiger partial charge >= 0.3 is 0 Å². The highest BCUT2D eigenvalue weighted by Crippen LogP contribution is 2.59. The van der Waals surface area contributed by atoms with Crippen molar-refractivity contribution in [3.63, 3.8) is 0 Å². The van der Waals surface area contributed by atoms with Gasteiger partial charge in [-0.1, -0.05) is 0 Å². The summed E-state index contributed by atoms with van der Waals surface area (Å²) in [5, 5.41) is 3.39. The van der Waals surface area contributed by atoms with Crippen molar-refractivity contribution < 1.29 is 9.53 Å². The van der Waals surface area contributed by atoms with Crippen molar-refractivity contribution >= 4 is 5.78 Å². The van der Waals surface area contributed by atoms with Gasteiger partial charge in [-0.3, -0.25) is 4.79 Å². The Labute approximate surface area is 103 Å². The first-order chi connectivity index (χ1) is 8.30. The Morgan fingerprint density at radius 2 is 1.94 bits per heavy atom. The van der Waals surface area contributed by atoms with E-state index in [1.165, 1.54) is 19.3 Å². The van der Waals surface area contributed by atoms with Crippen molar-refractivity contribution in [3.05, 3.63) is 0 Å². The molecule has 0 bridgehead atoms. The van der Waals surface area contributed by atoms with Crippen molar-refractivity contribution in [1.29, 1.82) is 0 Å². The summed E-state index contributed by atoms with van der Waals surface area (Å²) in [7, 11) is 0. The van der Waals surface area contributed by atoms with Crippen molar-refractivity contribution in [2.75, 3.05) is 26.3 Å². The van der Waals surface area contributed by atoms with E-state index in [1.807, 2.05) is 0 Å². The van der Waals surface area contributed by atoms with E-state index in [1.54, 1.807) is 0 Å². The lowest BCUT2D eigenvalue weighted by atomic mass is 9.87. The topological polar surface area (TPSA) is 38.3 Å². The van der Waals surface area contributed by atoms with Crippen LogP contribution in [0.25, 0.3) is 0 Å². The van der Waals surface area contributed by atoms with Crippen LogP contribution in [-0.2, 0) is 9.53 Å². The van der Waals surface area contributed by atoms with Gasteiger partial charge in [-0.05, 0) is 56.5 Å². The number of carbonyl (C=O) groups is 1. The van der Waals surface area contributed by atoms with Crippen LogP contribution < -0.4 is 5.32 Å². The van der Waals surface area contributed by atoms with E-state index in [0.717, 1.165) is 45.6 Å². The molecule has 0 aromatic rings. The number of nitrogens with one attached hydrogen (secondary N) is 1. The van der Waals surface area contributed by atoms with Crippen LogP contribution in [0.2, 0.25) is 0 Å². The molecule has 2 aliphatic heterocycles. The normalized spacial score (nSPS) is 32.6. The predicted molar refractivity (Wildman–Crippen MR) is 65.8 cm³/mol. The van der Waals surface area contributed by atoms with Crippen molar-refractivity contribution in [2.45, 2.75) is 38.5 Å². The molecule has 1 saturated carbocycles. The van der Waals surface area contributed by atoms with Gasteiger partial charge in [0.2, 0.25) is 0 Å². The lowest BCUT2D eigenvalue weighted by Gasteiger charge is -2.24. The van der Waals surface area contributed by atoms with E-state index in [2.05, 4.69) is 5.32 Å². The molecule has 3 heteroatoms. The fourth-order valence-corrected chi connectivity index (χ4v) is 3.66. The Morgan fingerprint density at radius 1 is 1.24 bits per heavy atom. The van der Waals surface area contributed by atoms with Gasteiger partial charge in [-0.2, -0.15) is 0 Å². The second-order valence-electron chi connectivity index (χ2n) is 6.10. The molecule has 1 N–H and O–H groups in total. The molecule has 1 atom stereocenters. The first-order valence-corrected chi connectivity index (χ1v) is 7.11. The van der Waals surface area contributed by atoms with Gasteiger partial charge in [0.1, 0.15) is 5.78 Å². The van der Waals surface area contributed by atoms with Crippen LogP contribution in [0.3, 0.4) is 0 Å². The first kappa shape index (κ1) is 11.7. The smallest absolute Gasteiger partial charge is 0.136 e. The third-order valence-corrected chi connectivity index (χ3v) is 5.01. The summed E-state index contributed by atoms with van der Waals surface area (Å²) in [5.41, 5.74) is 0.424. The summed E-state index contributed by atoms with van der Waals surface area (Å²) in [4.78, 5) is 12.3. The highest BCUT2D eigenvalue weighted by molar-refractivity contribution is 5.85. The highest BCUT2D eigenvalue weighted by Gasteiger charge is 2.57. The molecular formula is C14H23NO2. The number of carbonyl (C=O) groups excluding carboxylic acids is 1. The number of ketones is 1. The quantitative estimate of drug-likeness (QED) is 0.813. The third-order valence-electron chi connectivity index (χ3n) is 5.01. The zero-order valence-electron chi connectivity index (χ0n) is 10.5. The molecule has 0 amide bonds. The standard InChI is InChI=1S/C14H23NO2/c16-13(9-11-1-7-17-8-2-11)12-10-14(12)3-5-15-6-4-14/h11-12,15H,1-10H2. The Bertz CT molecular complexity index is 291. The van der Waals surface area contributed by atoms with E-state index < -0.39 is 0 Å². The molecular weight excluding hydrogens is 214 g/mol. The molecule has 0 aromatic heterocycles. The molecule has 2 saturated heterocycles. The predicted octanol–water partition coefficient (Wildman–Crippen LogP) is 1.76. The molecule has 1 spiro atoms. The second kappa shape index (κ2) is 4.69. The number of hydrogen-bond acceptors (Lipinski definition) is 3. The zero-order chi connectivity index (χ0) is 11.7. The van der Waals surface area contributed by atoms with Gasteiger partial charge in [-0.15, -0.1) is 0 Å². The molecule has 17 heavy (non-hydrogen) atoms. The fourth-order valence-electron chi connectivity index (χ4n) is 3.66. The van der Waals surface area contributed by atoms with Gasteiger partial charge in [0.25, 0.3) is 0 Å². The summed E-state index contributed by atoms with van der Waals surface area (Å²) in [6.45, 7) is 3.94. The summed E-state index contributed by atoms with van der Waals surface area (Å²) >= 11 is 0. The van der Waals surface area contributed by atoms with E-state index in [-0.39, 0.29) is 0 Å². The minimum absolute atomic E-state index is 0.410. The van der Waals surface area contributed by atoms with Gasteiger partial charge in [0, 0.05) is 25.6 Å². The van der Waals surface area contributed by atoms with Crippen molar-refractivity contribution in [1.82, 2.24) is 5.32 Å². The number of Topliss-reactive ketones (excluding diaryl/α,β-unsaturated/α-hetero) is 1. The molecule has 3 aliphatic rings. The van der Waals surface area contributed by atoms with Crippen LogP contribution in [0.1, 0.15) is 38.5 Å². The lowest BCUT2D eigenvalue weighted by molar-refractivity contribution is -0.122. The zero-order valence-corrected chi connectivity index (χ0v) is 10.5. The largest absolute Gasteiger partial charge is 0.381 e. The van der Waals surface area contributed by atoms with Crippen LogP contribution in [0.4, 0.5) is 0 Å².